The van der Waals surface area contributed by atoms with E-state index in [1.54, 1.807) is 12.4 Å². The van der Waals surface area contributed by atoms with E-state index in [0.29, 0.717) is 5.92 Å². The van der Waals surface area contributed by atoms with Crippen LogP contribution in [0.3, 0.4) is 0 Å². The van der Waals surface area contributed by atoms with Crippen molar-refractivity contribution in [1.29, 1.82) is 0 Å². The predicted octanol–water partition coefficient (Wildman–Crippen LogP) is 1.46. The van der Waals surface area contributed by atoms with Crippen LogP contribution in [-0.4, -0.2) is 24.2 Å². The molecule has 0 aliphatic heterocycles. The molecule has 1 aromatic rings. The van der Waals surface area contributed by atoms with Crippen molar-refractivity contribution in [3.05, 3.63) is 24.5 Å². The van der Waals surface area contributed by atoms with Gasteiger partial charge in [-0.3, -0.25) is 4.98 Å². The molecule has 3 nitrogen and oxygen atoms in total. The van der Waals surface area contributed by atoms with Crippen LogP contribution in [-0.2, 0) is 0 Å². The average Bonchev–Trinajstić information content (AvgIpc) is 2.89. The highest BCUT2D eigenvalue weighted by molar-refractivity contribution is 5.17. The second-order valence-corrected chi connectivity index (χ2v) is 3.99. The van der Waals surface area contributed by atoms with Crippen molar-refractivity contribution < 1.29 is 4.74 Å². The Bertz CT molecular complexity index is 297. The Hall–Kier alpha value is -1.09. The molecule has 1 aliphatic carbocycles. The van der Waals surface area contributed by atoms with Gasteiger partial charge >= 0.3 is 0 Å². The molecule has 1 saturated carbocycles. The summed E-state index contributed by atoms with van der Waals surface area (Å²) in [6.07, 6.45) is 4.70. The molecule has 3 heteroatoms. The highest BCUT2D eigenvalue weighted by Gasteiger charge is 2.50. The first-order valence-electron chi connectivity index (χ1n) is 4.98. The summed E-state index contributed by atoms with van der Waals surface area (Å²) < 4.78 is 5.67. The lowest BCUT2D eigenvalue weighted by Gasteiger charge is -2.16. The van der Waals surface area contributed by atoms with Gasteiger partial charge in [0.25, 0.3) is 0 Å². The number of likely N-dealkylation sites (N-methyl/N-ethyl adjacent to an activating group) is 1. The lowest BCUT2D eigenvalue weighted by atomic mass is 10.2. The van der Waals surface area contributed by atoms with Gasteiger partial charge < -0.3 is 10.1 Å². The molecule has 1 aromatic heterocycles. The lowest BCUT2D eigenvalue weighted by Crippen LogP contribution is -2.36. The summed E-state index contributed by atoms with van der Waals surface area (Å²) in [6.45, 7) is 2.97. The maximum atomic E-state index is 5.67. The van der Waals surface area contributed by atoms with Crippen molar-refractivity contribution in [1.82, 2.24) is 10.3 Å². The Morgan fingerprint density at radius 3 is 3.00 bits per heavy atom. The molecular formula is C11H16N2O. The van der Waals surface area contributed by atoms with Crippen molar-refractivity contribution in [3.8, 4) is 5.75 Å². The van der Waals surface area contributed by atoms with E-state index in [2.05, 4.69) is 17.2 Å². The van der Waals surface area contributed by atoms with Gasteiger partial charge in [-0.25, -0.2) is 0 Å². The average molecular weight is 192 g/mol. The van der Waals surface area contributed by atoms with Crippen molar-refractivity contribution in [2.75, 3.05) is 13.7 Å². The quantitative estimate of drug-likeness (QED) is 0.784. The molecule has 1 heterocycles. The monoisotopic (exact) mass is 192 g/mol. The summed E-state index contributed by atoms with van der Waals surface area (Å²) in [5.74, 6) is 1.56. The first-order valence-corrected chi connectivity index (χ1v) is 4.98. The maximum Gasteiger partial charge on any atom is 0.137 e. The first-order chi connectivity index (χ1) is 6.77. The molecule has 1 aliphatic rings. The third-order valence-corrected chi connectivity index (χ3v) is 3.08. The molecular weight excluding hydrogens is 176 g/mol. The molecule has 0 radical (unpaired) electrons. The Morgan fingerprint density at radius 2 is 2.50 bits per heavy atom. The Labute approximate surface area is 84.5 Å². The van der Waals surface area contributed by atoms with E-state index in [1.165, 1.54) is 6.42 Å². The van der Waals surface area contributed by atoms with Crippen LogP contribution in [0, 0.1) is 5.92 Å². The fourth-order valence-electron chi connectivity index (χ4n) is 1.75. The third kappa shape index (κ3) is 1.73. The normalized spacial score (nSPS) is 30.0. The van der Waals surface area contributed by atoms with Gasteiger partial charge in [0.05, 0.1) is 11.7 Å². The molecule has 14 heavy (non-hydrogen) atoms. The standard InChI is InChI=1S/C11H16N2O/c1-9-6-11(9,12-2)8-14-10-4-3-5-13-7-10/h3-5,7,9,12H,6,8H2,1-2H3/t9-,11+/m1/s1. The summed E-state index contributed by atoms with van der Waals surface area (Å²) in [7, 11) is 2.00. The summed E-state index contributed by atoms with van der Waals surface area (Å²) in [6, 6.07) is 3.82. The third-order valence-electron chi connectivity index (χ3n) is 3.08. The topological polar surface area (TPSA) is 34.1 Å². The van der Waals surface area contributed by atoms with Gasteiger partial charge in [-0.05, 0) is 31.5 Å². The minimum absolute atomic E-state index is 0.204. The predicted molar refractivity (Wildman–Crippen MR) is 55.3 cm³/mol. The second kappa shape index (κ2) is 3.58. The van der Waals surface area contributed by atoms with E-state index >= 15 is 0 Å². The number of aromatic nitrogens is 1. The molecule has 0 amide bonds. The van der Waals surface area contributed by atoms with Gasteiger partial charge in [-0.2, -0.15) is 0 Å². The van der Waals surface area contributed by atoms with Crippen LogP contribution in [0.25, 0.3) is 0 Å². The fourth-order valence-corrected chi connectivity index (χ4v) is 1.75. The number of hydrogen-bond acceptors (Lipinski definition) is 3. The van der Waals surface area contributed by atoms with Gasteiger partial charge in [-0.15, -0.1) is 0 Å². The fraction of sp³-hybridized carbons (Fsp3) is 0.545. The van der Waals surface area contributed by atoms with E-state index in [1.807, 2.05) is 19.2 Å². The number of hydrogen-bond donors (Lipinski definition) is 1. The Balaban J connectivity index is 1.89. The second-order valence-electron chi connectivity index (χ2n) is 3.99. The van der Waals surface area contributed by atoms with Crippen LogP contribution in [0.5, 0.6) is 5.75 Å². The van der Waals surface area contributed by atoms with Crippen LogP contribution in [0.1, 0.15) is 13.3 Å². The zero-order valence-corrected chi connectivity index (χ0v) is 8.66. The highest BCUT2D eigenvalue weighted by atomic mass is 16.5. The number of rotatable bonds is 4. The summed E-state index contributed by atoms with van der Waals surface area (Å²) in [5.41, 5.74) is 0.204. The van der Waals surface area contributed by atoms with Gasteiger partial charge in [-0.1, -0.05) is 6.92 Å². The molecule has 0 bridgehead atoms. The van der Waals surface area contributed by atoms with Crippen LogP contribution < -0.4 is 10.1 Å². The van der Waals surface area contributed by atoms with Gasteiger partial charge in [0.1, 0.15) is 12.4 Å². The van der Waals surface area contributed by atoms with E-state index in [0.717, 1.165) is 12.4 Å². The Morgan fingerprint density at radius 1 is 1.71 bits per heavy atom. The molecule has 1 N–H and O–H groups in total. The molecule has 76 valence electrons. The zero-order valence-electron chi connectivity index (χ0n) is 8.66. The summed E-state index contributed by atoms with van der Waals surface area (Å²) >= 11 is 0. The summed E-state index contributed by atoms with van der Waals surface area (Å²) in [5, 5.41) is 3.33. The number of nitrogens with one attached hydrogen (secondary N) is 1. The molecule has 2 atom stereocenters. The molecule has 2 rings (SSSR count). The summed E-state index contributed by atoms with van der Waals surface area (Å²) in [4.78, 5) is 4.01. The number of ether oxygens (including phenoxy) is 1. The number of pyridine rings is 1. The minimum Gasteiger partial charge on any atom is -0.490 e. The van der Waals surface area contributed by atoms with Crippen LogP contribution in [0.15, 0.2) is 24.5 Å². The molecule has 1 fully saturated rings. The highest BCUT2D eigenvalue weighted by Crippen LogP contribution is 2.42. The van der Waals surface area contributed by atoms with Gasteiger partial charge in [0.2, 0.25) is 0 Å². The van der Waals surface area contributed by atoms with E-state index in [4.69, 9.17) is 4.74 Å². The maximum absolute atomic E-state index is 5.67. The Kier molecular flexibility index (Phi) is 2.42. The lowest BCUT2D eigenvalue weighted by molar-refractivity contribution is 0.249. The number of nitrogens with zero attached hydrogens (tertiary/aromatic N) is 1. The van der Waals surface area contributed by atoms with Crippen molar-refractivity contribution in [3.63, 3.8) is 0 Å². The molecule has 0 aromatic carbocycles. The molecule has 0 saturated heterocycles. The van der Waals surface area contributed by atoms with Crippen molar-refractivity contribution in [2.45, 2.75) is 18.9 Å². The van der Waals surface area contributed by atoms with E-state index < -0.39 is 0 Å². The van der Waals surface area contributed by atoms with Gasteiger partial charge in [0, 0.05) is 6.20 Å². The zero-order chi connectivity index (χ0) is 10.0. The van der Waals surface area contributed by atoms with Crippen molar-refractivity contribution in [2.24, 2.45) is 5.92 Å². The van der Waals surface area contributed by atoms with E-state index in [9.17, 15) is 0 Å². The van der Waals surface area contributed by atoms with Gasteiger partial charge in [0.15, 0.2) is 0 Å². The largest absolute Gasteiger partial charge is 0.490 e. The van der Waals surface area contributed by atoms with Crippen LogP contribution in [0.2, 0.25) is 0 Å². The van der Waals surface area contributed by atoms with Crippen LogP contribution >= 0.6 is 0 Å². The minimum atomic E-state index is 0.204. The molecule has 0 unspecified atom stereocenters. The SMILES string of the molecule is CN[C@]1(COc2cccnc2)C[C@H]1C. The van der Waals surface area contributed by atoms with Crippen molar-refractivity contribution >= 4 is 0 Å². The first kappa shape index (κ1) is 9.46. The van der Waals surface area contributed by atoms with Crippen LogP contribution in [0.4, 0.5) is 0 Å². The van der Waals surface area contributed by atoms with E-state index in [-0.39, 0.29) is 5.54 Å². The smallest absolute Gasteiger partial charge is 0.137 e. The molecule has 0 spiro atoms.